The van der Waals surface area contributed by atoms with Gasteiger partial charge in [0.2, 0.25) is 5.91 Å². The van der Waals surface area contributed by atoms with Gasteiger partial charge in [-0.2, -0.15) is 0 Å². The van der Waals surface area contributed by atoms with Crippen molar-refractivity contribution in [3.8, 4) is 0 Å². The predicted molar refractivity (Wildman–Crippen MR) is 105 cm³/mol. The second-order valence-corrected chi connectivity index (χ2v) is 7.37. The van der Waals surface area contributed by atoms with Crippen LogP contribution in [-0.2, 0) is 4.79 Å². The highest BCUT2D eigenvalue weighted by Gasteiger charge is 2.12. The average molecular weight is 369 g/mol. The average Bonchev–Trinajstić information content (AvgIpc) is 3.03. The summed E-state index contributed by atoms with van der Waals surface area (Å²) in [7, 11) is 0. The fraction of sp³-hybridized carbons (Fsp3) is 0.368. The van der Waals surface area contributed by atoms with E-state index in [1.165, 1.54) is 17.3 Å². The van der Waals surface area contributed by atoms with Crippen LogP contribution in [0.25, 0.3) is 5.78 Å². The van der Waals surface area contributed by atoms with Gasteiger partial charge in [0, 0.05) is 17.1 Å². The summed E-state index contributed by atoms with van der Waals surface area (Å²) < 4.78 is 1.87. The number of hydrogen-bond donors (Lipinski definition) is 1. The van der Waals surface area contributed by atoms with Gasteiger partial charge in [-0.25, -0.2) is 4.98 Å². The summed E-state index contributed by atoms with van der Waals surface area (Å²) in [6.45, 7) is 8.28. The van der Waals surface area contributed by atoms with Gasteiger partial charge in [-0.3, -0.25) is 9.20 Å². The molecule has 1 amide bonds. The van der Waals surface area contributed by atoms with Crippen LogP contribution in [0.15, 0.2) is 35.5 Å². The number of carbonyl (C=O) groups is 1. The standard InChI is InChI=1S/C19H23N5OS/c1-5-12(2)15-6-8-16(9-7-15)21-17(25)11-26-19-23-22-18-20-13(3)10-14(4)24(18)19/h6-10,12H,5,11H2,1-4H3,(H,21,25)/t12-/m0/s1. The molecule has 0 aliphatic heterocycles. The number of anilines is 1. The van der Waals surface area contributed by atoms with Crippen molar-refractivity contribution in [1.29, 1.82) is 0 Å². The normalized spacial score (nSPS) is 12.3. The second kappa shape index (κ2) is 7.86. The minimum absolute atomic E-state index is 0.0687. The molecule has 0 saturated heterocycles. The van der Waals surface area contributed by atoms with E-state index in [4.69, 9.17) is 0 Å². The maximum atomic E-state index is 12.3. The number of amides is 1. The number of carbonyl (C=O) groups excluding carboxylic acids is 1. The molecule has 0 unspecified atom stereocenters. The molecule has 0 fully saturated rings. The molecule has 0 spiro atoms. The highest BCUT2D eigenvalue weighted by atomic mass is 32.2. The Kier molecular flexibility index (Phi) is 5.56. The van der Waals surface area contributed by atoms with E-state index < -0.39 is 0 Å². The number of rotatable bonds is 6. The van der Waals surface area contributed by atoms with E-state index in [9.17, 15) is 4.79 Å². The van der Waals surface area contributed by atoms with Crippen LogP contribution in [-0.4, -0.2) is 31.2 Å². The highest BCUT2D eigenvalue weighted by Crippen LogP contribution is 2.21. The third-order valence-corrected chi connectivity index (χ3v) is 5.30. The Morgan fingerprint density at radius 3 is 2.65 bits per heavy atom. The monoisotopic (exact) mass is 369 g/mol. The Labute approximate surface area is 157 Å². The first-order valence-electron chi connectivity index (χ1n) is 8.70. The zero-order valence-corrected chi connectivity index (χ0v) is 16.3. The first kappa shape index (κ1) is 18.4. The smallest absolute Gasteiger partial charge is 0.256 e. The third kappa shape index (κ3) is 4.04. The number of benzene rings is 1. The van der Waals surface area contributed by atoms with E-state index in [0.29, 0.717) is 16.9 Å². The minimum atomic E-state index is -0.0687. The maximum absolute atomic E-state index is 12.3. The van der Waals surface area contributed by atoms with E-state index in [2.05, 4.69) is 46.5 Å². The Morgan fingerprint density at radius 1 is 1.23 bits per heavy atom. The molecule has 136 valence electrons. The molecule has 2 aromatic heterocycles. The van der Waals surface area contributed by atoms with E-state index in [-0.39, 0.29) is 11.7 Å². The van der Waals surface area contributed by atoms with Crippen LogP contribution in [0.5, 0.6) is 0 Å². The van der Waals surface area contributed by atoms with Crippen LogP contribution >= 0.6 is 11.8 Å². The molecule has 1 aromatic carbocycles. The van der Waals surface area contributed by atoms with Gasteiger partial charge in [-0.1, -0.05) is 37.7 Å². The van der Waals surface area contributed by atoms with Gasteiger partial charge in [0.05, 0.1) is 5.75 Å². The van der Waals surface area contributed by atoms with Crippen LogP contribution in [0.1, 0.15) is 43.1 Å². The first-order valence-corrected chi connectivity index (χ1v) is 9.68. The lowest BCUT2D eigenvalue weighted by Crippen LogP contribution is -2.14. The molecule has 1 N–H and O–H groups in total. The van der Waals surface area contributed by atoms with Crippen molar-refractivity contribution in [3.05, 3.63) is 47.3 Å². The number of aromatic nitrogens is 4. The van der Waals surface area contributed by atoms with Crippen molar-refractivity contribution in [1.82, 2.24) is 19.6 Å². The summed E-state index contributed by atoms with van der Waals surface area (Å²) in [5, 5.41) is 11.8. The van der Waals surface area contributed by atoms with Crippen molar-refractivity contribution >= 4 is 29.1 Å². The van der Waals surface area contributed by atoms with Gasteiger partial charge in [-0.05, 0) is 49.9 Å². The van der Waals surface area contributed by atoms with Crippen LogP contribution in [0, 0.1) is 13.8 Å². The number of hydrogen-bond acceptors (Lipinski definition) is 5. The van der Waals surface area contributed by atoms with Crippen LogP contribution < -0.4 is 5.32 Å². The number of nitrogens with zero attached hydrogens (tertiary/aromatic N) is 4. The highest BCUT2D eigenvalue weighted by molar-refractivity contribution is 7.99. The summed E-state index contributed by atoms with van der Waals surface area (Å²) in [6.07, 6.45) is 1.10. The fourth-order valence-electron chi connectivity index (χ4n) is 2.75. The molecule has 7 heteroatoms. The van der Waals surface area contributed by atoms with Gasteiger partial charge < -0.3 is 5.32 Å². The molecule has 3 aromatic rings. The lowest BCUT2D eigenvalue weighted by Gasteiger charge is -2.10. The lowest BCUT2D eigenvalue weighted by atomic mass is 9.99. The molecule has 3 rings (SSSR count). The third-order valence-electron chi connectivity index (χ3n) is 4.37. The van der Waals surface area contributed by atoms with Gasteiger partial charge in [-0.15, -0.1) is 10.2 Å². The summed E-state index contributed by atoms with van der Waals surface area (Å²) >= 11 is 1.35. The van der Waals surface area contributed by atoms with E-state index in [0.717, 1.165) is 23.5 Å². The van der Waals surface area contributed by atoms with Crippen molar-refractivity contribution < 1.29 is 4.79 Å². The second-order valence-electron chi connectivity index (χ2n) is 6.43. The molecule has 26 heavy (non-hydrogen) atoms. The van der Waals surface area contributed by atoms with Crippen molar-refractivity contribution in [3.63, 3.8) is 0 Å². The van der Waals surface area contributed by atoms with Gasteiger partial charge in [0.25, 0.3) is 5.78 Å². The van der Waals surface area contributed by atoms with Crippen molar-refractivity contribution in [2.45, 2.75) is 45.2 Å². The first-order chi connectivity index (χ1) is 12.5. The van der Waals surface area contributed by atoms with Gasteiger partial charge >= 0.3 is 0 Å². The van der Waals surface area contributed by atoms with Crippen molar-refractivity contribution in [2.24, 2.45) is 0 Å². The van der Waals surface area contributed by atoms with E-state index >= 15 is 0 Å². The van der Waals surface area contributed by atoms with Gasteiger partial charge in [0.15, 0.2) is 5.16 Å². The Balaban J connectivity index is 1.63. The number of aryl methyl sites for hydroxylation is 2. The molecule has 2 heterocycles. The van der Waals surface area contributed by atoms with Gasteiger partial charge in [0.1, 0.15) is 0 Å². The Morgan fingerprint density at radius 2 is 1.96 bits per heavy atom. The molecule has 0 saturated carbocycles. The number of thioether (sulfide) groups is 1. The fourth-order valence-corrected chi connectivity index (χ4v) is 3.54. The molecule has 0 aliphatic rings. The van der Waals surface area contributed by atoms with E-state index in [1.807, 2.05) is 36.4 Å². The lowest BCUT2D eigenvalue weighted by molar-refractivity contribution is -0.113. The molecule has 0 bridgehead atoms. The predicted octanol–water partition coefficient (Wildman–Crippen LogP) is 3.99. The molecular formula is C19H23N5OS. The topological polar surface area (TPSA) is 72.2 Å². The summed E-state index contributed by atoms with van der Waals surface area (Å²) in [5.74, 6) is 1.28. The Bertz CT molecular complexity index is 920. The van der Waals surface area contributed by atoms with Crippen LogP contribution in [0.2, 0.25) is 0 Å². The van der Waals surface area contributed by atoms with Crippen LogP contribution in [0.4, 0.5) is 5.69 Å². The number of nitrogens with one attached hydrogen (secondary N) is 1. The summed E-state index contributed by atoms with van der Waals surface area (Å²) in [4.78, 5) is 16.6. The largest absolute Gasteiger partial charge is 0.325 e. The maximum Gasteiger partial charge on any atom is 0.256 e. The molecule has 0 aliphatic carbocycles. The number of fused-ring (bicyclic) bond motifs is 1. The van der Waals surface area contributed by atoms with Crippen LogP contribution in [0.3, 0.4) is 0 Å². The quantitative estimate of drug-likeness (QED) is 0.665. The minimum Gasteiger partial charge on any atom is -0.325 e. The Hall–Kier alpha value is -2.41. The molecule has 0 radical (unpaired) electrons. The summed E-state index contributed by atoms with van der Waals surface area (Å²) in [6, 6.07) is 10.0. The molecule has 1 atom stereocenters. The molecule has 6 nitrogen and oxygen atoms in total. The summed E-state index contributed by atoms with van der Waals surface area (Å²) in [5.41, 5.74) is 3.99. The SMILES string of the molecule is CC[C@H](C)c1ccc(NC(=O)CSc2nnc3nc(C)cc(C)n23)cc1. The molecular weight excluding hydrogens is 346 g/mol. The van der Waals surface area contributed by atoms with Crippen molar-refractivity contribution in [2.75, 3.05) is 11.1 Å². The van der Waals surface area contributed by atoms with E-state index in [1.54, 1.807) is 0 Å². The zero-order chi connectivity index (χ0) is 18.7. The zero-order valence-electron chi connectivity index (χ0n) is 15.5.